The Morgan fingerprint density at radius 1 is 1.35 bits per heavy atom. The molecule has 0 aliphatic rings. The number of nitrogens with zero attached hydrogens (tertiary/aromatic N) is 3. The van der Waals surface area contributed by atoms with E-state index in [1.54, 1.807) is 20.3 Å². The van der Waals surface area contributed by atoms with E-state index < -0.39 is 0 Å². The van der Waals surface area contributed by atoms with E-state index in [9.17, 15) is 4.79 Å². The topological polar surface area (TPSA) is 50.2 Å². The summed E-state index contributed by atoms with van der Waals surface area (Å²) in [6, 6.07) is 9.49. The molecule has 2 amide bonds. The number of nitrogens with one attached hydrogen (secondary N) is 1. The zero-order valence-corrected chi connectivity index (χ0v) is 12.1. The van der Waals surface area contributed by atoms with Gasteiger partial charge in [-0.25, -0.2) is 9.78 Å². The van der Waals surface area contributed by atoms with Crippen molar-refractivity contribution in [2.24, 2.45) is 0 Å². The summed E-state index contributed by atoms with van der Waals surface area (Å²) in [6.45, 7) is 2.87. The summed E-state index contributed by atoms with van der Waals surface area (Å²) < 4.78 is 2.04. The molecule has 0 fully saturated rings. The van der Waals surface area contributed by atoms with Crippen LogP contribution in [0, 0.1) is 0 Å². The first-order valence-electron chi connectivity index (χ1n) is 6.67. The Morgan fingerprint density at radius 3 is 2.65 bits per heavy atom. The van der Waals surface area contributed by atoms with Gasteiger partial charge in [0.15, 0.2) is 0 Å². The van der Waals surface area contributed by atoms with Crippen molar-refractivity contribution in [2.45, 2.75) is 19.5 Å². The van der Waals surface area contributed by atoms with E-state index in [2.05, 4.69) is 17.2 Å². The molecule has 1 N–H and O–H groups in total. The van der Waals surface area contributed by atoms with E-state index in [4.69, 9.17) is 0 Å². The molecule has 1 atom stereocenters. The lowest BCUT2D eigenvalue weighted by atomic mass is 10.1. The maximum absolute atomic E-state index is 12.0. The SMILES string of the molecule is CCn1ccnc1C(NC(=O)N(C)C)c1ccccc1. The van der Waals surface area contributed by atoms with Crippen LogP contribution in [0.3, 0.4) is 0 Å². The highest BCUT2D eigenvalue weighted by Gasteiger charge is 2.21. The summed E-state index contributed by atoms with van der Waals surface area (Å²) >= 11 is 0. The van der Waals surface area contributed by atoms with Crippen LogP contribution in [0.25, 0.3) is 0 Å². The molecule has 2 aromatic rings. The lowest BCUT2D eigenvalue weighted by Gasteiger charge is -2.22. The molecule has 0 saturated carbocycles. The van der Waals surface area contributed by atoms with Crippen molar-refractivity contribution in [1.29, 1.82) is 0 Å². The van der Waals surface area contributed by atoms with Crippen LogP contribution in [0.1, 0.15) is 24.4 Å². The van der Waals surface area contributed by atoms with Gasteiger partial charge in [0.2, 0.25) is 0 Å². The van der Waals surface area contributed by atoms with Gasteiger partial charge in [-0.3, -0.25) is 0 Å². The van der Waals surface area contributed by atoms with Crippen LogP contribution in [0.15, 0.2) is 42.7 Å². The molecule has 0 spiro atoms. The Kier molecular flexibility index (Phi) is 4.40. The standard InChI is InChI=1S/C15H20N4O/c1-4-19-11-10-16-14(19)13(17-15(20)18(2)3)12-8-6-5-7-9-12/h5-11,13H,4H2,1-3H3,(H,17,20). The van der Waals surface area contributed by atoms with E-state index in [1.165, 1.54) is 4.90 Å². The summed E-state index contributed by atoms with van der Waals surface area (Å²) in [4.78, 5) is 17.9. The number of hydrogen-bond donors (Lipinski definition) is 1. The molecule has 0 saturated heterocycles. The van der Waals surface area contributed by atoms with Crippen LogP contribution < -0.4 is 5.32 Å². The van der Waals surface area contributed by atoms with Crippen LogP contribution in [-0.4, -0.2) is 34.6 Å². The highest BCUT2D eigenvalue weighted by atomic mass is 16.2. The number of rotatable bonds is 4. The van der Waals surface area contributed by atoms with Crippen LogP contribution in [0.2, 0.25) is 0 Å². The van der Waals surface area contributed by atoms with E-state index in [1.807, 2.05) is 41.1 Å². The van der Waals surface area contributed by atoms with Gasteiger partial charge in [0.25, 0.3) is 0 Å². The van der Waals surface area contributed by atoms with Crippen LogP contribution >= 0.6 is 0 Å². The molecule has 1 unspecified atom stereocenters. The van der Waals surface area contributed by atoms with Gasteiger partial charge in [0.05, 0.1) is 0 Å². The quantitative estimate of drug-likeness (QED) is 0.928. The highest BCUT2D eigenvalue weighted by Crippen LogP contribution is 2.20. The van der Waals surface area contributed by atoms with E-state index in [-0.39, 0.29) is 12.1 Å². The summed E-state index contributed by atoms with van der Waals surface area (Å²) in [5, 5.41) is 3.01. The third-order valence-corrected chi connectivity index (χ3v) is 3.15. The fourth-order valence-electron chi connectivity index (χ4n) is 2.04. The molecule has 1 aromatic heterocycles. The Morgan fingerprint density at radius 2 is 2.05 bits per heavy atom. The van der Waals surface area contributed by atoms with Crippen molar-refractivity contribution >= 4 is 6.03 Å². The smallest absolute Gasteiger partial charge is 0.317 e. The summed E-state index contributed by atoms with van der Waals surface area (Å²) in [7, 11) is 3.45. The van der Waals surface area contributed by atoms with E-state index in [0.717, 1.165) is 17.9 Å². The third-order valence-electron chi connectivity index (χ3n) is 3.15. The average molecular weight is 272 g/mol. The normalized spacial score (nSPS) is 11.9. The molecule has 1 aromatic carbocycles. The predicted octanol–water partition coefficient (Wildman–Crippen LogP) is 2.26. The van der Waals surface area contributed by atoms with Gasteiger partial charge in [0.1, 0.15) is 11.9 Å². The number of aryl methyl sites for hydroxylation is 1. The molecule has 1 heterocycles. The van der Waals surface area contributed by atoms with Crippen molar-refractivity contribution in [2.75, 3.05) is 14.1 Å². The summed E-state index contributed by atoms with van der Waals surface area (Å²) in [5.41, 5.74) is 1.02. The van der Waals surface area contributed by atoms with Crippen molar-refractivity contribution in [3.8, 4) is 0 Å². The number of aromatic nitrogens is 2. The predicted molar refractivity (Wildman–Crippen MR) is 78.4 cm³/mol. The van der Waals surface area contributed by atoms with Crippen LogP contribution in [-0.2, 0) is 6.54 Å². The number of amides is 2. The molecule has 2 rings (SSSR count). The van der Waals surface area contributed by atoms with Gasteiger partial charge in [-0.15, -0.1) is 0 Å². The van der Waals surface area contributed by atoms with Gasteiger partial charge in [0, 0.05) is 33.0 Å². The van der Waals surface area contributed by atoms with Gasteiger partial charge >= 0.3 is 6.03 Å². The summed E-state index contributed by atoms with van der Waals surface area (Å²) in [5.74, 6) is 0.842. The van der Waals surface area contributed by atoms with Crippen LogP contribution in [0.5, 0.6) is 0 Å². The Hall–Kier alpha value is -2.30. The average Bonchev–Trinajstić information content (AvgIpc) is 2.93. The lowest BCUT2D eigenvalue weighted by molar-refractivity contribution is 0.214. The van der Waals surface area contributed by atoms with Gasteiger partial charge in [-0.1, -0.05) is 30.3 Å². The molecule has 0 radical (unpaired) electrons. The minimum atomic E-state index is -0.249. The zero-order valence-electron chi connectivity index (χ0n) is 12.1. The largest absolute Gasteiger partial charge is 0.333 e. The zero-order chi connectivity index (χ0) is 14.5. The first kappa shape index (κ1) is 14.1. The van der Waals surface area contributed by atoms with Crippen LogP contribution in [0.4, 0.5) is 4.79 Å². The molecule has 20 heavy (non-hydrogen) atoms. The van der Waals surface area contributed by atoms with Gasteiger partial charge < -0.3 is 14.8 Å². The van der Waals surface area contributed by atoms with Crippen molar-refractivity contribution in [1.82, 2.24) is 19.8 Å². The molecular formula is C15H20N4O. The second-order valence-electron chi connectivity index (χ2n) is 4.76. The second kappa shape index (κ2) is 6.23. The maximum atomic E-state index is 12.0. The van der Waals surface area contributed by atoms with Crippen molar-refractivity contribution < 1.29 is 4.79 Å². The maximum Gasteiger partial charge on any atom is 0.317 e. The van der Waals surface area contributed by atoms with E-state index in [0.29, 0.717) is 0 Å². The Labute approximate surface area is 119 Å². The number of benzene rings is 1. The number of hydrogen-bond acceptors (Lipinski definition) is 2. The first-order valence-corrected chi connectivity index (χ1v) is 6.67. The number of carbonyl (C=O) groups is 1. The summed E-state index contributed by atoms with van der Waals surface area (Å²) in [6.07, 6.45) is 3.68. The van der Waals surface area contributed by atoms with Gasteiger partial charge in [-0.2, -0.15) is 0 Å². The van der Waals surface area contributed by atoms with Crippen molar-refractivity contribution in [3.63, 3.8) is 0 Å². The fourth-order valence-corrected chi connectivity index (χ4v) is 2.04. The Bertz CT molecular complexity index is 562. The van der Waals surface area contributed by atoms with E-state index >= 15 is 0 Å². The molecule has 5 heteroatoms. The Balaban J connectivity index is 2.37. The number of urea groups is 1. The minimum absolute atomic E-state index is 0.135. The molecule has 106 valence electrons. The van der Waals surface area contributed by atoms with Gasteiger partial charge in [-0.05, 0) is 12.5 Å². The fraction of sp³-hybridized carbons (Fsp3) is 0.333. The first-order chi connectivity index (χ1) is 9.63. The second-order valence-corrected chi connectivity index (χ2v) is 4.76. The monoisotopic (exact) mass is 272 g/mol. The minimum Gasteiger partial charge on any atom is -0.333 e. The lowest BCUT2D eigenvalue weighted by Crippen LogP contribution is -2.38. The molecule has 5 nitrogen and oxygen atoms in total. The third kappa shape index (κ3) is 2.99. The molecule has 0 aliphatic heterocycles. The highest BCUT2D eigenvalue weighted by molar-refractivity contribution is 5.74. The number of imidazole rings is 1. The molecule has 0 aliphatic carbocycles. The number of carbonyl (C=O) groups excluding carboxylic acids is 1. The van der Waals surface area contributed by atoms with Crippen molar-refractivity contribution in [3.05, 3.63) is 54.1 Å². The molecule has 0 bridgehead atoms. The molecular weight excluding hydrogens is 252 g/mol.